The second-order valence-corrected chi connectivity index (χ2v) is 10.6. The molecule has 0 heterocycles. The lowest BCUT2D eigenvalue weighted by Gasteiger charge is -2.27. The van der Waals surface area contributed by atoms with Gasteiger partial charge in [0, 0.05) is 11.1 Å². The zero-order valence-corrected chi connectivity index (χ0v) is 22.5. The van der Waals surface area contributed by atoms with Crippen molar-refractivity contribution in [3.05, 3.63) is 100 Å². The van der Waals surface area contributed by atoms with E-state index < -0.39 is 23.3 Å². The van der Waals surface area contributed by atoms with Crippen molar-refractivity contribution in [2.75, 3.05) is 0 Å². The van der Waals surface area contributed by atoms with E-state index in [1.165, 1.54) is 5.56 Å². The molecule has 0 unspecified atom stereocenters. The monoisotopic (exact) mass is 522 g/mol. The fraction of sp³-hybridized carbons (Fsp3) is 0.412. The Bertz CT molecular complexity index is 1230. The molecule has 1 saturated carbocycles. The van der Waals surface area contributed by atoms with Gasteiger partial charge in [0.05, 0.1) is 0 Å². The molecule has 202 valence electrons. The summed E-state index contributed by atoms with van der Waals surface area (Å²) >= 11 is 0. The Kier molecular flexibility index (Phi) is 9.82. The Labute approximate surface area is 224 Å². The lowest BCUT2D eigenvalue weighted by Crippen LogP contribution is -2.14. The average Bonchev–Trinajstić information content (AvgIpc) is 2.93. The van der Waals surface area contributed by atoms with E-state index in [1.54, 1.807) is 30.3 Å². The second kappa shape index (κ2) is 13.3. The molecular formula is C34H38F4. The minimum absolute atomic E-state index is 0.0176. The third-order valence-corrected chi connectivity index (χ3v) is 7.92. The summed E-state index contributed by atoms with van der Waals surface area (Å²) in [5.74, 6) is -2.90. The average molecular weight is 523 g/mol. The molecule has 3 aromatic carbocycles. The van der Waals surface area contributed by atoms with Crippen LogP contribution in [0.2, 0.25) is 0 Å². The van der Waals surface area contributed by atoms with Crippen LogP contribution in [0.3, 0.4) is 0 Å². The van der Waals surface area contributed by atoms with Crippen molar-refractivity contribution in [3.63, 3.8) is 0 Å². The van der Waals surface area contributed by atoms with Crippen LogP contribution in [0, 0.1) is 29.2 Å². The second-order valence-electron chi connectivity index (χ2n) is 10.6. The Balaban J connectivity index is 1.38. The number of hydrogen-bond donors (Lipinski definition) is 0. The number of aryl methyl sites for hydroxylation is 2. The Hall–Kier alpha value is -2.88. The van der Waals surface area contributed by atoms with Gasteiger partial charge in [0.1, 0.15) is 0 Å². The normalized spacial score (nSPS) is 17.8. The highest BCUT2D eigenvalue weighted by molar-refractivity contribution is 5.67. The van der Waals surface area contributed by atoms with Gasteiger partial charge in [-0.1, -0.05) is 93.8 Å². The molecule has 4 rings (SSSR count). The minimum Gasteiger partial charge on any atom is -0.203 e. The molecule has 0 amide bonds. The third kappa shape index (κ3) is 6.57. The molecule has 1 fully saturated rings. The van der Waals surface area contributed by atoms with Gasteiger partial charge in [-0.15, -0.1) is 0 Å². The fourth-order valence-corrected chi connectivity index (χ4v) is 5.60. The number of unbranched alkanes of at least 4 members (excludes halogenated alkanes) is 2. The molecule has 0 bridgehead atoms. The van der Waals surface area contributed by atoms with Crippen LogP contribution in [0.5, 0.6) is 0 Å². The number of rotatable bonds is 10. The molecule has 1 aliphatic rings. The topological polar surface area (TPSA) is 0 Å². The molecule has 0 radical (unpaired) electrons. The molecule has 0 atom stereocenters. The van der Waals surface area contributed by atoms with Crippen molar-refractivity contribution >= 4 is 6.08 Å². The van der Waals surface area contributed by atoms with Crippen LogP contribution in [0.4, 0.5) is 17.6 Å². The van der Waals surface area contributed by atoms with Crippen molar-refractivity contribution in [1.82, 2.24) is 0 Å². The highest BCUT2D eigenvalue weighted by atomic mass is 19.2. The summed E-state index contributed by atoms with van der Waals surface area (Å²) in [6, 6.07) is 14.4. The van der Waals surface area contributed by atoms with Gasteiger partial charge in [-0.2, -0.15) is 0 Å². The zero-order chi connectivity index (χ0) is 27.1. The number of hydrogen-bond acceptors (Lipinski definition) is 0. The van der Waals surface area contributed by atoms with Crippen LogP contribution in [0.1, 0.15) is 93.4 Å². The molecule has 4 heteroatoms. The van der Waals surface area contributed by atoms with Gasteiger partial charge in [-0.05, 0) is 79.0 Å². The largest absolute Gasteiger partial charge is 0.203 e. The summed E-state index contributed by atoms with van der Waals surface area (Å²) in [5.41, 5.74) is 3.25. The molecule has 0 aliphatic heterocycles. The van der Waals surface area contributed by atoms with E-state index in [4.69, 9.17) is 0 Å². The van der Waals surface area contributed by atoms with E-state index in [-0.39, 0.29) is 23.0 Å². The van der Waals surface area contributed by atoms with Crippen molar-refractivity contribution in [1.29, 1.82) is 0 Å². The lowest BCUT2D eigenvalue weighted by atomic mass is 9.78. The van der Waals surface area contributed by atoms with Gasteiger partial charge in [0.2, 0.25) is 0 Å². The Morgan fingerprint density at radius 1 is 0.684 bits per heavy atom. The molecule has 0 spiro atoms. The lowest BCUT2D eigenvalue weighted by molar-refractivity contribution is 0.364. The van der Waals surface area contributed by atoms with E-state index in [0.29, 0.717) is 23.1 Å². The van der Waals surface area contributed by atoms with E-state index in [9.17, 15) is 17.6 Å². The molecule has 0 N–H and O–H groups in total. The predicted molar refractivity (Wildman–Crippen MR) is 149 cm³/mol. The maximum absolute atomic E-state index is 14.9. The Morgan fingerprint density at radius 2 is 1.42 bits per heavy atom. The molecule has 0 aromatic heterocycles. The van der Waals surface area contributed by atoms with Crippen molar-refractivity contribution in [2.24, 2.45) is 5.92 Å². The van der Waals surface area contributed by atoms with Crippen LogP contribution >= 0.6 is 0 Å². The van der Waals surface area contributed by atoms with Crippen molar-refractivity contribution in [2.45, 2.75) is 84.0 Å². The first-order valence-electron chi connectivity index (χ1n) is 14.1. The summed E-state index contributed by atoms with van der Waals surface area (Å²) in [7, 11) is 0. The molecule has 3 aromatic rings. The van der Waals surface area contributed by atoms with Crippen LogP contribution < -0.4 is 0 Å². The van der Waals surface area contributed by atoms with Crippen molar-refractivity contribution < 1.29 is 17.6 Å². The van der Waals surface area contributed by atoms with Crippen LogP contribution in [0.15, 0.2) is 54.6 Å². The van der Waals surface area contributed by atoms with Gasteiger partial charge in [0.15, 0.2) is 23.3 Å². The number of benzene rings is 3. The summed E-state index contributed by atoms with van der Waals surface area (Å²) < 4.78 is 59.3. The predicted octanol–water partition coefficient (Wildman–Crippen LogP) is 10.6. The van der Waals surface area contributed by atoms with Gasteiger partial charge >= 0.3 is 0 Å². The molecular weight excluding hydrogens is 484 g/mol. The maximum atomic E-state index is 14.9. The van der Waals surface area contributed by atoms with Gasteiger partial charge in [-0.25, -0.2) is 17.6 Å². The molecule has 1 aliphatic carbocycles. The molecule has 38 heavy (non-hydrogen) atoms. The summed E-state index contributed by atoms with van der Waals surface area (Å²) in [6.07, 6.45) is 12.1. The first-order valence-corrected chi connectivity index (χ1v) is 14.1. The third-order valence-electron chi connectivity index (χ3n) is 7.92. The summed E-state index contributed by atoms with van der Waals surface area (Å²) in [6.45, 7) is 4.19. The van der Waals surface area contributed by atoms with Gasteiger partial charge in [-0.3, -0.25) is 0 Å². The molecule has 0 saturated heterocycles. The number of halogens is 4. The van der Waals surface area contributed by atoms with Crippen LogP contribution in [-0.4, -0.2) is 0 Å². The van der Waals surface area contributed by atoms with E-state index in [1.807, 2.05) is 30.3 Å². The Morgan fingerprint density at radius 3 is 2.11 bits per heavy atom. The minimum atomic E-state index is -0.846. The highest BCUT2D eigenvalue weighted by Gasteiger charge is 2.25. The van der Waals surface area contributed by atoms with E-state index in [0.717, 1.165) is 57.8 Å². The van der Waals surface area contributed by atoms with Gasteiger partial charge < -0.3 is 0 Å². The van der Waals surface area contributed by atoms with Gasteiger partial charge in [0.25, 0.3) is 0 Å². The van der Waals surface area contributed by atoms with Crippen molar-refractivity contribution in [3.8, 4) is 11.1 Å². The summed E-state index contributed by atoms with van der Waals surface area (Å²) in [5, 5.41) is 0. The smallest absolute Gasteiger partial charge is 0.167 e. The summed E-state index contributed by atoms with van der Waals surface area (Å²) in [4.78, 5) is 0. The first-order chi connectivity index (χ1) is 18.4. The SMILES string of the molecule is CCCCCc1ccc(C2CCC(C=Cc3ccc(-c4ccc(CCC)cc4)c(F)c3F)CC2)c(F)c1F. The quantitative estimate of drug-likeness (QED) is 0.183. The highest BCUT2D eigenvalue weighted by Crippen LogP contribution is 2.39. The van der Waals surface area contributed by atoms with Crippen LogP contribution in [-0.2, 0) is 12.8 Å². The van der Waals surface area contributed by atoms with E-state index in [2.05, 4.69) is 13.8 Å². The van der Waals surface area contributed by atoms with E-state index >= 15 is 0 Å². The van der Waals surface area contributed by atoms with Crippen LogP contribution in [0.25, 0.3) is 17.2 Å². The molecule has 0 nitrogen and oxygen atoms in total. The standard InChI is InChI=1S/C34H38F4/c1-3-5-6-8-27-19-21-29(33(37)31(27)35)26-16-11-24(12-17-26)13-18-28-20-22-30(34(38)32(28)36)25-14-9-23(7-4-2)10-15-25/h9-10,13-15,18-22,24,26H,3-8,11-12,16-17H2,1-2H3. The first kappa shape index (κ1) is 28.1. The maximum Gasteiger partial charge on any atom is 0.167 e. The zero-order valence-electron chi connectivity index (χ0n) is 22.5. The fourth-order valence-electron chi connectivity index (χ4n) is 5.60. The number of allylic oxidation sites excluding steroid dienone is 1.